The number of hydrogen-bond acceptors (Lipinski definition) is 10. The molecule has 1 heterocycles. The van der Waals surface area contributed by atoms with Gasteiger partial charge in [0, 0.05) is 44.2 Å². The van der Waals surface area contributed by atoms with Gasteiger partial charge in [0.2, 0.25) is 5.79 Å². The van der Waals surface area contributed by atoms with Gasteiger partial charge in [-0.05, 0) is 113 Å². The third kappa shape index (κ3) is 15.0. The molecule has 1 saturated carbocycles. The minimum atomic E-state index is -1.54. The Balaban J connectivity index is 1.66. The lowest BCUT2D eigenvalue weighted by molar-refractivity contribution is -0.256. The van der Waals surface area contributed by atoms with Crippen LogP contribution in [0.15, 0.2) is 71.9 Å². The molecule has 6 unspecified atom stereocenters. The second-order valence-electron chi connectivity index (χ2n) is 19.4. The molecule has 0 spiro atoms. The van der Waals surface area contributed by atoms with Crippen LogP contribution in [0, 0.1) is 23.6 Å². The number of nitrogens with zero attached hydrogens (tertiary/aromatic N) is 2. The summed E-state index contributed by atoms with van der Waals surface area (Å²) in [6.45, 7) is 14.8. The van der Waals surface area contributed by atoms with Crippen molar-refractivity contribution in [3.63, 3.8) is 0 Å². The van der Waals surface area contributed by atoms with Crippen LogP contribution in [0.5, 0.6) is 11.5 Å². The summed E-state index contributed by atoms with van der Waals surface area (Å²) in [4.78, 5) is 35.7. The van der Waals surface area contributed by atoms with E-state index in [9.17, 15) is 24.2 Å². The van der Waals surface area contributed by atoms with Crippen LogP contribution in [-0.4, -0.2) is 83.4 Å². The zero-order valence-electron chi connectivity index (χ0n) is 41.1. The Bertz CT molecular complexity index is 1920. The Kier molecular flexibility index (Phi) is 21.5. The van der Waals surface area contributed by atoms with Crippen molar-refractivity contribution in [1.82, 2.24) is 10.2 Å². The molecule has 0 radical (unpaired) electrons. The van der Waals surface area contributed by atoms with Crippen LogP contribution in [-0.2, 0) is 20.9 Å². The third-order valence-corrected chi connectivity index (χ3v) is 13.2. The summed E-state index contributed by atoms with van der Waals surface area (Å²) < 4.78 is 40.9. The van der Waals surface area contributed by atoms with Crippen LogP contribution < -0.4 is 14.8 Å². The molecule has 0 bridgehead atoms. The highest BCUT2D eigenvalue weighted by atomic mass is 19.1. The fourth-order valence-corrected chi connectivity index (χ4v) is 10.1. The van der Waals surface area contributed by atoms with Crippen LogP contribution in [0.2, 0.25) is 0 Å². The maximum absolute atomic E-state index is 14.9. The van der Waals surface area contributed by atoms with Gasteiger partial charge in [-0.25, -0.2) is 14.0 Å². The lowest BCUT2D eigenvalue weighted by atomic mass is 9.55. The Hall–Kier alpha value is -4.46. The number of ether oxygens (including phenoxy) is 4. The highest BCUT2D eigenvalue weighted by molar-refractivity contribution is 6.03. The van der Waals surface area contributed by atoms with Crippen molar-refractivity contribution in [3.05, 3.63) is 83.7 Å². The number of benzene rings is 2. The summed E-state index contributed by atoms with van der Waals surface area (Å²) in [6, 6.07) is 10.6. The van der Waals surface area contributed by atoms with Gasteiger partial charge in [0.1, 0.15) is 29.0 Å². The first-order valence-electron chi connectivity index (χ1n) is 25.3. The van der Waals surface area contributed by atoms with Gasteiger partial charge in [0.15, 0.2) is 0 Å². The first kappa shape index (κ1) is 53.5. The number of hydrogen-bond donors (Lipinski definition) is 3. The van der Waals surface area contributed by atoms with Gasteiger partial charge in [-0.1, -0.05) is 107 Å². The van der Waals surface area contributed by atoms with Crippen LogP contribution in [0.1, 0.15) is 161 Å². The number of carbonyl (C=O) groups is 2. The summed E-state index contributed by atoms with van der Waals surface area (Å²) in [5, 5.41) is 27.6. The molecule has 0 aromatic heterocycles. The molecule has 12 nitrogen and oxygen atoms in total. The number of rotatable bonds is 28. The van der Waals surface area contributed by atoms with Gasteiger partial charge >= 0.3 is 12.2 Å². The number of aliphatic hydroxyl groups is 2. The highest BCUT2D eigenvalue weighted by Crippen LogP contribution is 2.62. The zero-order chi connectivity index (χ0) is 48.2. The van der Waals surface area contributed by atoms with E-state index in [1.165, 1.54) is 50.7 Å². The Morgan fingerprint density at radius 3 is 2.24 bits per heavy atom. The number of amides is 2. The van der Waals surface area contributed by atoms with Crippen LogP contribution >= 0.6 is 0 Å². The number of aliphatic hydroxyl groups excluding tert-OH is 2. The summed E-state index contributed by atoms with van der Waals surface area (Å²) >= 11 is 0. The lowest BCUT2D eigenvalue weighted by Gasteiger charge is -2.60. The van der Waals surface area contributed by atoms with Crippen molar-refractivity contribution < 1.29 is 48.0 Å². The average Bonchev–Trinajstić information content (AvgIpc) is 3.30. The second-order valence-corrected chi connectivity index (χ2v) is 19.4. The molecule has 372 valence electrons. The first-order valence-corrected chi connectivity index (χ1v) is 25.3. The van der Waals surface area contributed by atoms with E-state index < -0.39 is 35.5 Å². The number of allylic oxidation sites excluding steroid dienone is 1. The predicted molar refractivity (Wildman–Crippen MR) is 261 cm³/mol. The Morgan fingerprint density at radius 1 is 0.925 bits per heavy atom. The fraction of sp³-hybridized carbons (Fsp3) is 0.648. The monoisotopic (exact) mass is 934 g/mol. The molecular formula is C54H80FN3O9. The summed E-state index contributed by atoms with van der Waals surface area (Å²) in [5.41, 5.74) is 2.38. The van der Waals surface area contributed by atoms with Crippen molar-refractivity contribution in [2.75, 3.05) is 33.0 Å². The van der Waals surface area contributed by atoms with Gasteiger partial charge in [-0.15, -0.1) is 6.58 Å². The predicted octanol–water partition coefficient (Wildman–Crippen LogP) is 11.9. The van der Waals surface area contributed by atoms with E-state index in [0.29, 0.717) is 42.2 Å². The standard InChI is InChI=1S/C54H80FN3O9/c1-7-10-11-12-13-14-15-16-17-22-34-63-52(62)58(38-39-25-27-41(55)28-26-39)48-37-46(57-67-53(4,5)6)44-35-40(23-18-20-31-59)43(24-19-21-32-60)49-45-36-42(65-51(61)56-9-3)29-30-47(45)66-54(48,50(44)49)64-33-8-2/h8,25-30,35-36,40,43,48-50,59-60H,2,7,9-24,31-34,37-38H2,1,3-6H3,(H,56,61). The molecule has 6 atom stereocenters. The maximum atomic E-state index is 14.9. The Labute approximate surface area is 399 Å². The molecule has 5 rings (SSSR count). The van der Waals surface area contributed by atoms with Crippen LogP contribution in [0.25, 0.3) is 0 Å². The van der Waals surface area contributed by atoms with Gasteiger partial charge < -0.3 is 39.3 Å². The molecule has 2 aromatic rings. The number of unbranched alkanes of at least 4 members (excludes halogenated alkanes) is 11. The second kappa shape index (κ2) is 26.9. The smallest absolute Gasteiger partial charge is 0.412 e. The van der Waals surface area contributed by atoms with Gasteiger partial charge in [0.25, 0.3) is 0 Å². The molecule has 1 fully saturated rings. The van der Waals surface area contributed by atoms with Gasteiger partial charge in [-0.2, -0.15) is 0 Å². The number of carbonyl (C=O) groups excluding carboxylic acids is 2. The quantitative estimate of drug-likeness (QED) is 0.0431. The Morgan fingerprint density at radius 2 is 1.60 bits per heavy atom. The molecule has 13 heteroatoms. The van der Waals surface area contributed by atoms with E-state index in [4.69, 9.17) is 28.9 Å². The van der Waals surface area contributed by atoms with E-state index in [1.54, 1.807) is 35.2 Å². The molecule has 67 heavy (non-hydrogen) atoms. The molecule has 2 amide bonds. The fourth-order valence-electron chi connectivity index (χ4n) is 10.1. The van der Waals surface area contributed by atoms with Crippen molar-refractivity contribution in [1.29, 1.82) is 0 Å². The number of halogens is 1. The van der Waals surface area contributed by atoms with Crippen LogP contribution in [0.3, 0.4) is 0 Å². The van der Waals surface area contributed by atoms with Crippen molar-refractivity contribution >= 4 is 17.9 Å². The third-order valence-electron chi connectivity index (χ3n) is 13.2. The van der Waals surface area contributed by atoms with Crippen molar-refractivity contribution in [2.45, 2.75) is 174 Å². The molecule has 1 aliphatic heterocycles. The molecule has 2 aromatic carbocycles. The number of nitrogens with one attached hydrogen (secondary N) is 1. The van der Waals surface area contributed by atoms with E-state index in [1.807, 2.05) is 33.8 Å². The number of fused-ring (bicyclic) bond motifs is 2. The normalized spacial score (nSPS) is 22.5. The molecule has 0 saturated heterocycles. The zero-order valence-corrected chi connectivity index (χ0v) is 41.1. The lowest BCUT2D eigenvalue weighted by Crippen LogP contribution is -2.70. The number of oxime groups is 1. The topological polar surface area (TPSA) is 148 Å². The molecule has 2 aliphatic carbocycles. The SMILES string of the molecule is C=CCOC12Oc3ccc(OC(=O)NCC)cc3C3C(CCCCO)C(CCCCO)C=C(C(=NOC(C)(C)C)CC1N(Cc1ccc(F)cc1)C(=O)OCCCCCCCCCCCC)C32. The molecular weight excluding hydrogens is 854 g/mol. The maximum Gasteiger partial charge on any atom is 0.412 e. The van der Waals surface area contributed by atoms with E-state index in [-0.39, 0.29) is 63.0 Å². The molecule has 3 N–H and O–H groups in total. The molecule has 3 aliphatic rings. The van der Waals surface area contributed by atoms with Gasteiger partial charge in [0.05, 0.1) is 24.8 Å². The summed E-state index contributed by atoms with van der Waals surface area (Å²) in [5.74, 6) is -2.00. The van der Waals surface area contributed by atoms with Crippen LogP contribution in [0.4, 0.5) is 14.0 Å². The largest absolute Gasteiger partial charge is 0.459 e. The van der Waals surface area contributed by atoms with E-state index in [0.717, 1.165) is 62.5 Å². The van der Waals surface area contributed by atoms with Crippen molar-refractivity contribution in [2.24, 2.45) is 22.9 Å². The minimum Gasteiger partial charge on any atom is -0.459 e. The van der Waals surface area contributed by atoms with Gasteiger partial charge in [-0.3, -0.25) is 4.90 Å². The average molecular weight is 934 g/mol. The first-order chi connectivity index (χ1) is 32.4. The van der Waals surface area contributed by atoms with E-state index in [2.05, 4.69) is 24.9 Å². The van der Waals surface area contributed by atoms with Crippen molar-refractivity contribution in [3.8, 4) is 11.5 Å². The summed E-state index contributed by atoms with van der Waals surface area (Å²) in [7, 11) is 0. The summed E-state index contributed by atoms with van der Waals surface area (Å²) in [6.07, 6.45) is 18.7. The highest BCUT2D eigenvalue weighted by Gasteiger charge is 2.65. The minimum absolute atomic E-state index is 0.00948. The van der Waals surface area contributed by atoms with E-state index >= 15 is 0 Å².